The summed E-state index contributed by atoms with van der Waals surface area (Å²) < 4.78 is 5.31. The molecule has 0 saturated carbocycles. The fourth-order valence-electron chi connectivity index (χ4n) is 3.76. The zero-order valence-electron chi connectivity index (χ0n) is 18.4. The normalized spacial score (nSPS) is 17.0. The number of non-ortho nitro benzene ring substituents is 1. The lowest BCUT2D eigenvalue weighted by atomic mass is 9.93. The van der Waals surface area contributed by atoms with Gasteiger partial charge in [0.05, 0.1) is 40.9 Å². The smallest absolute Gasteiger partial charge is 0.338 e. The highest BCUT2D eigenvalue weighted by Crippen LogP contribution is 2.32. The van der Waals surface area contributed by atoms with Crippen LogP contribution in [0.2, 0.25) is 0 Å². The van der Waals surface area contributed by atoms with Crippen molar-refractivity contribution in [3.63, 3.8) is 0 Å². The summed E-state index contributed by atoms with van der Waals surface area (Å²) in [5, 5.41) is 14.0. The molecule has 0 unspecified atom stereocenters. The topological polar surface area (TPSA) is 106 Å². The first-order valence-electron chi connectivity index (χ1n) is 10.1. The highest BCUT2D eigenvalue weighted by atomic mass is 16.6. The van der Waals surface area contributed by atoms with E-state index in [0.29, 0.717) is 23.4 Å². The lowest BCUT2D eigenvalue weighted by Crippen LogP contribution is -3.18. The predicted molar refractivity (Wildman–Crippen MR) is 112 cm³/mol. The molecule has 0 aromatic heterocycles. The lowest BCUT2D eigenvalue weighted by Gasteiger charge is -2.37. The monoisotopic (exact) mass is 419 g/mol. The first-order valence-corrected chi connectivity index (χ1v) is 10.1. The van der Waals surface area contributed by atoms with Crippen LogP contribution < -0.4 is 10.2 Å². The number of hydrogen-bond acceptors (Lipinski definition) is 5. The maximum atomic E-state index is 13.0. The van der Waals surface area contributed by atoms with Gasteiger partial charge >= 0.3 is 12.0 Å². The fraction of sp³-hybridized carbons (Fsp3) is 0.524. The second kappa shape index (κ2) is 9.71. The Kier molecular flexibility index (Phi) is 7.55. The molecule has 1 aliphatic heterocycles. The first-order chi connectivity index (χ1) is 14.1. The van der Waals surface area contributed by atoms with E-state index in [-0.39, 0.29) is 30.4 Å². The Morgan fingerprint density at radius 2 is 1.93 bits per heavy atom. The molecule has 30 heavy (non-hydrogen) atoms. The SMILES string of the molecule is CCOC(=O)C1=C(C[NH+](C(C)C)C(C)C)N(C)C(=O)N[C@@H]1c1cccc([N+](=O)[O-])c1. The van der Waals surface area contributed by atoms with Gasteiger partial charge in [0.2, 0.25) is 0 Å². The molecule has 2 rings (SSSR count). The number of hydrogen-bond donors (Lipinski definition) is 2. The summed E-state index contributed by atoms with van der Waals surface area (Å²) in [4.78, 5) is 39.1. The number of amides is 2. The van der Waals surface area contributed by atoms with E-state index in [9.17, 15) is 19.7 Å². The van der Waals surface area contributed by atoms with Crippen LogP contribution in [0.1, 0.15) is 46.2 Å². The zero-order valence-corrected chi connectivity index (χ0v) is 18.4. The number of nitrogens with zero attached hydrogens (tertiary/aromatic N) is 2. The van der Waals surface area contributed by atoms with Gasteiger partial charge in [0.1, 0.15) is 6.54 Å². The minimum atomic E-state index is -0.830. The van der Waals surface area contributed by atoms with Crippen molar-refractivity contribution in [2.75, 3.05) is 20.2 Å². The average molecular weight is 420 g/mol. The number of esters is 1. The molecule has 1 atom stereocenters. The van der Waals surface area contributed by atoms with Gasteiger partial charge < -0.3 is 15.0 Å². The van der Waals surface area contributed by atoms with Crippen molar-refractivity contribution in [1.82, 2.24) is 10.2 Å². The molecule has 0 saturated heterocycles. The number of nitrogens with one attached hydrogen (secondary N) is 2. The highest BCUT2D eigenvalue weighted by Gasteiger charge is 2.39. The third-order valence-corrected chi connectivity index (χ3v) is 5.34. The molecule has 0 aliphatic carbocycles. The van der Waals surface area contributed by atoms with Crippen LogP contribution in [-0.2, 0) is 9.53 Å². The van der Waals surface area contributed by atoms with Gasteiger partial charge in [-0.1, -0.05) is 12.1 Å². The minimum absolute atomic E-state index is 0.109. The number of nitro benzene ring substituents is 1. The number of quaternary nitrogens is 1. The second-order valence-electron chi connectivity index (χ2n) is 7.94. The van der Waals surface area contributed by atoms with Gasteiger partial charge in [-0.15, -0.1) is 0 Å². The van der Waals surface area contributed by atoms with E-state index < -0.39 is 16.9 Å². The van der Waals surface area contributed by atoms with Crippen LogP contribution >= 0.6 is 0 Å². The number of carbonyl (C=O) groups excluding carboxylic acids is 2. The molecule has 0 spiro atoms. The van der Waals surface area contributed by atoms with Crippen LogP contribution in [0, 0.1) is 10.1 Å². The lowest BCUT2D eigenvalue weighted by molar-refractivity contribution is -0.938. The molecule has 1 aromatic rings. The maximum absolute atomic E-state index is 13.0. The molecule has 0 radical (unpaired) electrons. The van der Waals surface area contributed by atoms with Crippen LogP contribution in [0.25, 0.3) is 0 Å². The van der Waals surface area contributed by atoms with Gasteiger partial charge in [0.25, 0.3) is 5.69 Å². The summed E-state index contributed by atoms with van der Waals surface area (Å²) >= 11 is 0. The number of urea groups is 1. The Balaban J connectivity index is 2.66. The van der Waals surface area contributed by atoms with Crippen molar-refractivity contribution >= 4 is 17.7 Å². The number of benzene rings is 1. The van der Waals surface area contributed by atoms with Crippen molar-refractivity contribution in [3.05, 3.63) is 51.2 Å². The van der Waals surface area contributed by atoms with E-state index in [2.05, 4.69) is 33.0 Å². The summed E-state index contributed by atoms with van der Waals surface area (Å²) in [6.45, 7) is 10.7. The van der Waals surface area contributed by atoms with Crippen molar-refractivity contribution < 1.29 is 24.1 Å². The quantitative estimate of drug-likeness (QED) is 0.380. The highest BCUT2D eigenvalue weighted by molar-refractivity contribution is 5.95. The van der Waals surface area contributed by atoms with E-state index in [1.807, 2.05) is 0 Å². The van der Waals surface area contributed by atoms with Gasteiger partial charge in [0.15, 0.2) is 0 Å². The number of rotatable bonds is 8. The minimum Gasteiger partial charge on any atom is -0.463 e. The zero-order chi connectivity index (χ0) is 22.6. The number of ether oxygens (including phenoxy) is 1. The van der Waals surface area contributed by atoms with Crippen LogP contribution in [0.15, 0.2) is 35.5 Å². The standard InChI is InChI=1S/C21H30N4O5/c1-7-30-20(26)18-17(12-24(13(2)3)14(4)5)23(6)21(27)22-19(18)15-9-8-10-16(11-15)25(28)29/h8-11,13-14,19H,7,12H2,1-6H3,(H,22,27)/p+1/t19-/m1/s1. The summed E-state index contributed by atoms with van der Waals surface area (Å²) in [6.07, 6.45) is 0. The molecule has 0 fully saturated rings. The van der Waals surface area contributed by atoms with E-state index in [1.165, 1.54) is 21.9 Å². The molecule has 0 bridgehead atoms. The second-order valence-corrected chi connectivity index (χ2v) is 7.94. The molecule has 1 aromatic carbocycles. The summed E-state index contributed by atoms with van der Waals surface area (Å²) in [6, 6.07) is 5.27. The van der Waals surface area contributed by atoms with Crippen molar-refractivity contribution in [1.29, 1.82) is 0 Å². The summed E-state index contributed by atoms with van der Waals surface area (Å²) in [5.74, 6) is -0.539. The van der Waals surface area contributed by atoms with E-state index in [0.717, 1.165) is 0 Å². The Morgan fingerprint density at radius 3 is 2.47 bits per heavy atom. The van der Waals surface area contributed by atoms with Gasteiger partial charge in [0, 0.05) is 19.2 Å². The van der Waals surface area contributed by atoms with Crippen LogP contribution in [-0.4, -0.2) is 54.1 Å². The Labute approximate surface area is 176 Å². The number of nitro groups is 1. The van der Waals surface area contributed by atoms with E-state index in [4.69, 9.17) is 4.74 Å². The molecule has 1 aliphatic rings. The Hall–Kier alpha value is -2.94. The molecule has 9 nitrogen and oxygen atoms in total. The van der Waals surface area contributed by atoms with Gasteiger partial charge in [-0.2, -0.15) is 0 Å². The largest absolute Gasteiger partial charge is 0.463 e. The molecular formula is C21H31N4O5+. The number of likely N-dealkylation sites (N-methyl/N-ethyl adjacent to an activating group) is 1. The van der Waals surface area contributed by atoms with Crippen LogP contribution in [0.3, 0.4) is 0 Å². The fourth-order valence-corrected chi connectivity index (χ4v) is 3.76. The third kappa shape index (κ3) is 4.96. The van der Waals surface area contributed by atoms with Gasteiger partial charge in [-0.3, -0.25) is 15.0 Å². The van der Waals surface area contributed by atoms with Crippen LogP contribution in [0.4, 0.5) is 10.5 Å². The Bertz CT molecular complexity index is 842. The molecule has 9 heteroatoms. The first kappa shape index (κ1) is 23.3. The molecular weight excluding hydrogens is 388 g/mol. The van der Waals surface area contributed by atoms with Crippen molar-refractivity contribution in [2.24, 2.45) is 0 Å². The summed E-state index contributed by atoms with van der Waals surface area (Å²) in [5.41, 5.74) is 1.22. The molecule has 2 N–H and O–H groups in total. The number of carbonyl (C=O) groups is 2. The predicted octanol–water partition coefficient (Wildman–Crippen LogP) is 1.81. The maximum Gasteiger partial charge on any atom is 0.338 e. The van der Waals surface area contributed by atoms with E-state index >= 15 is 0 Å². The van der Waals surface area contributed by atoms with Gasteiger partial charge in [-0.25, -0.2) is 9.59 Å². The van der Waals surface area contributed by atoms with E-state index in [1.54, 1.807) is 26.1 Å². The van der Waals surface area contributed by atoms with Crippen molar-refractivity contribution in [3.8, 4) is 0 Å². The molecule has 1 heterocycles. The van der Waals surface area contributed by atoms with Gasteiger partial charge in [-0.05, 0) is 40.2 Å². The van der Waals surface area contributed by atoms with Crippen LogP contribution in [0.5, 0.6) is 0 Å². The van der Waals surface area contributed by atoms with Crippen molar-refractivity contribution in [2.45, 2.75) is 52.7 Å². The average Bonchev–Trinajstić information content (AvgIpc) is 2.68. The summed E-state index contributed by atoms with van der Waals surface area (Å²) in [7, 11) is 1.62. The molecule has 164 valence electrons. The Morgan fingerprint density at radius 1 is 1.30 bits per heavy atom. The molecule has 2 amide bonds. The third-order valence-electron chi connectivity index (χ3n) is 5.34.